The zero-order chi connectivity index (χ0) is 9.42. The fourth-order valence-electron chi connectivity index (χ4n) is 1.20. The topological polar surface area (TPSA) is 41.6 Å². The molecule has 0 saturated heterocycles. The van der Waals surface area contributed by atoms with Gasteiger partial charge in [-0.3, -0.25) is 0 Å². The Labute approximate surface area is 90.1 Å². The molecule has 0 aromatic carbocycles. The monoisotopic (exact) mass is 287 g/mol. The van der Waals surface area contributed by atoms with E-state index in [9.17, 15) is 0 Å². The molecule has 68 valence electrons. The van der Waals surface area contributed by atoms with Crippen LogP contribution in [0.15, 0.2) is 12.3 Å². The Bertz CT molecular complexity index is 433. The first-order valence-electron chi connectivity index (χ1n) is 4.18. The summed E-state index contributed by atoms with van der Waals surface area (Å²) in [6.07, 6.45) is 1.89. The molecule has 0 unspecified atom stereocenters. The lowest BCUT2D eigenvalue weighted by Gasteiger charge is -2.02. The predicted octanol–water partition coefficient (Wildman–Crippen LogP) is 2.69. The van der Waals surface area contributed by atoms with Crippen LogP contribution in [0.2, 0.25) is 0 Å². The molecular weight excluding hydrogens is 277 g/mol. The van der Waals surface area contributed by atoms with Crippen LogP contribution in [0.1, 0.15) is 25.3 Å². The zero-order valence-corrected chi connectivity index (χ0v) is 9.66. The highest BCUT2D eigenvalue weighted by Gasteiger charge is 2.04. The highest BCUT2D eigenvalue weighted by molar-refractivity contribution is 14.1. The molecule has 0 saturated carbocycles. The molecule has 0 aliphatic heterocycles. The molecule has 13 heavy (non-hydrogen) atoms. The molecule has 2 rings (SSSR count). The molecule has 1 N–H and O–H groups in total. The Hall–Kier alpha value is -0.650. The number of hydrogen-bond donors (Lipinski definition) is 1. The van der Waals surface area contributed by atoms with Gasteiger partial charge in [0.05, 0.1) is 5.52 Å². The molecule has 2 aromatic heterocycles. The van der Waals surface area contributed by atoms with Crippen molar-refractivity contribution in [1.82, 2.24) is 15.0 Å². The minimum absolute atomic E-state index is 0.512. The van der Waals surface area contributed by atoms with E-state index in [4.69, 9.17) is 0 Å². The van der Waals surface area contributed by atoms with Crippen LogP contribution in [0, 0.1) is 3.83 Å². The summed E-state index contributed by atoms with van der Waals surface area (Å²) >= 11 is 2.16. The highest BCUT2D eigenvalue weighted by atomic mass is 127. The Morgan fingerprint density at radius 2 is 2.23 bits per heavy atom. The Kier molecular flexibility index (Phi) is 2.23. The van der Waals surface area contributed by atoms with Gasteiger partial charge in [0.15, 0.2) is 9.48 Å². The second-order valence-corrected chi connectivity index (χ2v) is 4.34. The number of nitrogens with zero attached hydrogens (tertiary/aromatic N) is 2. The Morgan fingerprint density at radius 3 is 2.92 bits per heavy atom. The van der Waals surface area contributed by atoms with Crippen LogP contribution in [0.4, 0.5) is 0 Å². The summed E-state index contributed by atoms with van der Waals surface area (Å²) in [7, 11) is 0. The first-order chi connectivity index (χ1) is 6.16. The van der Waals surface area contributed by atoms with Crippen molar-refractivity contribution >= 4 is 33.8 Å². The van der Waals surface area contributed by atoms with Gasteiger partial charge in [0.25, 0.3) is 0 Å². The number of hydrogen-bond acceptors (Lipinski definition) is 2. The molecule has 0 amide bonds. The van der Waals surface area contributed by atoms with Gasteiger partial charge in [0, 0.05) is 6.20 Å². The molecule has 4 heteroatoms. The van der Waals surface area contributed by atoms with Gasteiger partial charge in [0.2, 0.25) is 0 Å². The predicted molar refractivity (Wildman–Crippen MR) is 60.7 cm³/mol. The highest BCUT2D eigenvalue weighted by Crippen LogP contribution is 2.17. The number of imidazole rings is 1. The van der Waals surface area contributed by atoms with Crippen molar-refractivity contribution in [3.8, 4) is 0 Å². The van der Waals surface area contributed by atoms with Crippen molar-refractivity contribution in [2.75, 3.05) is 0 Å². The quantitative estimate of drug-likeness (QED) is 0.819. The lowest BCUT2D eigenvalue weighted by molar-refractivity contribution is 0.861. The van der Waals surface area contributed by atoms with Gasteiger partial charge in [-0.25, -0.2) is 9.97 Å². The maximum Gasteiger partial charge on any atom is 0.178 e. The number of aromatic nitrogens is 3. The van der Waals surface area contributed by atoms with E-state index in [1.807, 2.05) is 6.20 Å². The zero-order valence-electron chi connectivity index (χ0n) is 7.50. The van der Waals surface area contributed by atoms with Crippen LogP contribution in [-0.4, -0.2) is 15.0 Å². The number of nitrogens with one attached hydrogen (secondary N) is 1. The Morgan fingerprint density at radius 1 is 1.46 bits per heavy atom. The summed E-state index contributed by atoms with van der Waals surface area (Å²) in [6.45, 7) is 4.31. The van der Waals surface area contributed by atoms with Crippen LogP contribution >= 0.6 is 22.6 Å². The molecule has 0 spiro atoms. The van der Waals surface area contributed by atoms with Gasteiger partial charge in [-0.15, -0.1) is 0 Å². The molecule has 0 fully saturated rings. The molecule has 0 radical (unpaired) electrons. The van der Waals surface area contributed by atoms with Crippen LogP contribution in [0.5, 0.6) is 0 Å². The van der Waals surface area contributed by atoms with E-state index in [0.29, 0.717) is 5.92 Å². The molecule has 0 aliphatic rings. The Balaban J connectivity index is 2.61. The van der Waals surface area contributed by atoms with E-state index in [1.54, 1.807) is 0 Å². The fourth-order valence-corrected chi connectivity index (χ4v) is 1.72. The molecule has 0 bridgehead atoms. The van der Waals surface area contributed by atoms with Gasteiger partial charge >= 0.3 is 0 Å². The van der Waals surface area contributed by atoms with E-state index in [1.165, 1.54) is 5.56 Å². The average Bonchev–Trinajstić information content (AvgIpc) is 2.42. The summed E-state index contributed by atoms with van der Waals surface area (Å²) in [5, 5.41) is 0. The third kappa shape index (κ3) is 1.67. The minimum atomic E-state index is 0.512. The van der Waals surface area contributed by atoms with Crippen LogP contribution in [0.3, 0.4) is 0 Å². The van der Waals surface area contributed by atoms with Crippen LogP contribution in [-0.2, 0) is 0 Å². The number of H-pyrrole nitrogens is 1. The molecule has 2 heterocycles. The molecule has 2 aromatic rings. The smallest absolute Gasteiger partial charge is 0.178 e. The SMILES string of the molecule is CC(C)c1cnc2nc(I)[nH]c2c1. The maximum absolute atomic E-state index is 4.28. The van der Waals surface area contributed by atoms with Crippen molar-refractivity contribution in [2.24, 2.45) is 0 Å². The van der Waals surface area contributed by atoms with Gasteiger partial charge in [-0.05, 0) is 40.1 Å². The van der Waals surface area contributed by atoms with Crippen molar-refractivity contribution in [1.29, 1.82) is 0 Å². The first-order valence-corrected chi connectivity index (χ1v) is 5.26. The van der Waals surface area contributed by atoms with Crippen molar-refractivity contribution in [3.63, 3.8) is 0 Å². The average molecular weight is 287 g/mol. The summed E-state index contributed by atoms with van der Waals surface area (Å²) in [6, 6.07) is 2.11. The largest absolute Gasteiger partial charge is 0.332 e. The van der Waals surface area contributed by atoms with E-state index in [0.717, 1.165) is 15.0 Å². The van der Waals surface area contributed by atoms with Crippen LogP contribution in [0.25, 0.3) is 11.2 Å². The van der Waals surface area contributed by atoms with E-state index >= 15 is 0 Å². The molecule has 0 aliphatic carbocycles. The third-order valence-corrected chi connectivity index (χ3v) is 2.51. The van der Waals surface area contributed by atoms with E-state index < -0.39 is 0 Å². The number of aromatic amines is 1. The normalized spacial score (nSPS) is 11.4. The lowest BCUT2D eigenvalue weighted by Crippen LogP contribution is -1.88. The number of halogens is 1. The number of pyridine rings is 1. The summed E-state index contributed by atoms with van der Waals surface area (Å²) < 4.78 is 0.890. The third-order valence-electron chi connectivity index (χ3n) is 2.00. The van der Waals surface area contributed by atoms with Gasteiger partial charge in [0.1, 0.15) is 0 Å². The fraction of sp³-hybridized carbons (Fsp3) is 0.333. The summed E-state index contributed by atoms with van der Waals surface area (Å²) in [5.41, 5.74) is 3.07. The number of fused-ring (bicyclic) bond motifs is 1. The second-order valence-electron chi connectivity index (χ2n) is 3.32. The summed E-state index contributed by atoms with van der Waals surface area (Å²) in [4.78, 5) is 11.7. The maximum atomic E-state index is 4.28. The van der Waals surface area contributed by atoms with Crippen molar-refractivity contribution < 1.29 is 0 Å². The van der Waals surface area contributed by atoms with Crippen molar-refractivity contribution in [2.45, 2.75) is 19.8 Å². The molecule has 3 nitrogen and oxygen atoms in total. The van der Waals surface area contributed by atoms with Gasteiger partial charge in [-0.2, -0.15) is 0 Å². The van der Waals surface area contributed by atoms with Gasteiger partial charge in [-0.1, -0.05) is 13.8 Å². The van der Waals surface area contributed by atoms with Gasteiger partial charge < -0.3 is 4.98 Å². The van der Waals surface area contributed by atoms with E-state index in [2.05, 4.69) is 57.5 Å². The number of rotatable bonds is 1. The standard InChI is InChI=1S/C9H10IN3/c1-5(2)6-3-7-8(11-4-6)13-9(10)12-7/h3-5H,1-2H3,(H,11,12,13). The minimum Gasteiger partial charge on any atom is -0.332 e. The second kappa shape index (κ2) is 3.25. The van der Waals surface area contributed by atoms with Crippen LogP contribution < -0.4 is 0 Å². The van der Waals surface area contributed by atoms with Crippen molar-refractivity contribution in [3.05, 3.63) is 21.7 Å². The first kappa shape index (κ1) is 8.93. The summed E-state index contributed by atoms with van der Waals surface area (Å²) in [5.74, 6) is 0.512. The molecule has 0 atom stereocenters. The lowest BCUT2D eigenvalue weighted by atomic mass is 10.1. The van der Waals surface area contributed by atoms with E-state index in [-0.39, 0.29) is 0 Å². The molecular formula is C9H10IN3.